The van der Waals surface area contributed by atoms with Gasteiger partial charge in [-0.1, -0.05) is 0 Å². The van der Waals surface area contributed by atoms with E-state index in [-0.39, 0.29) is 17.5 Å². The summed E-state index contributed by atoms with van der Waals surface area (Å²) in [5.41, 5.74) is -0.108. The SMILES string of the molecule is N#CCc1cc(F)cc(C(F)F)c1. The van der Waals surface area contributed by atoms with Gasteiger partial charge in [0.2, 0.25) is 0 Å². The standard InChI is InChI=1S/C9H6F3N/c10-8-4-6(1-2-13)3-7(5-8)9(11)12/h3-5,9H,1H2. The van der Waals surface area contributed by atoms with Gasteiger partial charge in [-0.25, -0.2) is 13.2 Å². The van der Waals surface area contributed by atoms with Crippen LogP contribution in [0.1, 0.15) is 17.6 Å². The normalized spacial score (nSPS) is 10.1. The highest BCUT2D eigenvalue weighted by molar-refractivity contribution is 5.27. The molecular formula is C9H6F3N. The fourth-order valence-corrected chi connectivity index (χ4v) is 0.995. The molecule has 1 nitrogen and oxygen atoms in total. The molecule has 13 heavy (non-hydrogen) atoms. The van der Waals surface area contributed by atoms with Crippen molar-refractivity contribution in [3.63, 3.8) is 0 Å². The third-order valence-corrected chi connectivity index (χ3v) is 1.52. The van der Waals surface area contributed by atoms with Gasteiger partial charge in [0.15, 0.2) is 0 Å². The van der Waals surface area contributed by atoms with Gasteiger partial charge in [0.25, 0.3) is 6.43 Å². The molecule has 0 unspecified atom stereocenters. The Morgan fingerprint density at radius 1 is 1.31 bits per heavy atom. The van der Waals surface area contributed by atoms with Crippen molar-refractivity contribution in [3.05, 3.63) is 35.1 Å². The molecule has 4 heteroatoms. The fourth-order valence-electron chi connectivity index (χ4n) is 0.995. The highest BCUT2D eigenvalue weighted by atomic mass is 19.3. The molecule has 0 fully saturated rings. The molecule has 0 N–H and O–H groups in total. The lowest BCUT2D eigenvalue weighted by atomic mass is 10.1. The summed E-state index contributed by atoms with van der Waals surface area (Å²) in [5.74, 6) is -0.733. The maximum absolute atomic E-state index is 12.7. The largest absolute Gasteiger partial charge is 0.263 e. The third kappa shape index (κ3) is 2.48. The Kier molecular flexibility index (Phi) is 2.91. The Morgan fingerprint density at radius 3 is 2.54 bits per heavy atom. The zero-order valence-corrected chi connectivity index (χ0v) is 6.60. The number of halogens is 3. The van der Waals surface area contributed by atoms with Gasteiger partial charge in [0, 0.05) is 5.56 Å². The van der Waals surface area contributed by atoms with E-state index in [1.54, 1.807) is 6.07 Å². The molecule has 1 aromatic rings. The Balaban J connectivity index is 3.05. The van der Waals surface area contributed by atoms with Crippen molar-refractivity contribution in [3.8, 4) is 6.07 Å². The van der Waals surface area contributed by atoms with Gasteiger partial charge in [-0.3, -0.25) is 0 Å². The summed E-state index contributed by atoms with van der Waals surface area (Å²) in [6.07, 6.45) is -2.76. The Morgan fingerprint density at radius 2 is 2.00 bits per heavy atom. The summed E-state index contributed by atoms with van der Waals surface area (Å²) in [6.45, 7) is 0. The van der Waals surface area contributed by atoms with Crippen LogP contribution in [0.3, 0.4) is 0 Å². The summed E-state index contributed by atoms with van der Waals surface area (Å²) < 4.78 is 36.9. The topological polar surface area (TPSA) is 23.8 Å². The molecule has 0 aliphatic carbocycles. The lowest BCUT2D eigenvalue weighted by Gasteiger charge is -2.01. The number of benzene rings is 1. The van der Waals surface area contributed by atoms with Crippen LogP contribution in [0.15, 0.2) is 18.2 Å². The number of hydrogen-bond acceptors (Lipinski definition) is 1. The minimum atomic E-state index is -2.70. The number of alkyl halides is 2. The maximum Gasteiger partial charge on any atom is 0.263 e. The first-order valence-electron chi connectivity index (χ1n) is 3.58. The van der Waals surface area contributed by atoms with Crippen molar-refractivity contribution in [2.24, 2.45) is 0 Å². The van der Waals surface area contributed by atoms with Crippen LogP contribution in [0.25, 0.3) is 0 Å². The minimum Gasteiger partial charge on any atom is -0.207 e. The molecule has 0 bridgehead atoms. The van der Waals surface area contributed by atoms with E-state index < -0.39 is 12.2 Å². The molecule has 0 saturated carbocycles. The highest BCUT2D eigenvalue weighted by Crippen LogP contribution is 2.21. The predicted octanol–water partition coefficient (Wildman–Crippen LogP) is 2.83. The molecule has 1 rings (SSSR count). The van der Waals surface area contributed by atoms with Crippen LogP contribution in [0.5, 0.6) is 0 Å². The van der Waals surface area contributed by atoms with Crippen LogP contribution in [-0.4, -0.2) is 0 Å². The fraction of sp³-hybridized carbons (Fsp3) is 0.222. The van der Waals surface area contributed by atoms with E-state index in [1.165, 1.54) is 0 Å². The van der Waals surface area contributed by atoms with Gasteiger partial charge in [0.05, 0.1) is 12.5 Å². The van der Waals surface area contributed by atoms with Crippen LogP contribution in [0.4, 0.5) is 13.2 Å². The molecule has 0 aliphatic heterocycles. The van der Waals surface area contributed by atoms with E-state index >= 15 is 0 Å². The van der Waals surface area contributed by atoms with E-state index in [2.05, 4.69) is 0 Å². The molecule has 0 saturated heterocycles. The Bertz CT molecular complexity index is 341. The van der Waals surface area contributed by atoms with Gasteiger partial charge in [0.1, 0.15) is 5.82 Å². The van der Waals surface area contributed by atoms with Gasteiger partial charge >= 0.3 is 0 Å². The van der Waals surface area contributed by atoms with Gasteiger partial charge < -0.3 is 0 Å². The van der Waals surface area contributed by atoms with Crippen LogP contribution in [-0.2, 0) is 6.42 Å². The number of nitriles is 1. The summed E-state index contributed by atoms with van der Waals surface area (Å²) in [4.78, 5) is 0. The van der Waals surface area contributed by atoms with Crippen LogP contribution in [0, 0.1) is 17.1 Å². The number of rotatable bonds is 2. The van der Waals surface area contributed by atoms with Crippen molar-refractivity contribution in [2.45, 2.75) is 12.8 Å². The van der Waals surface area contributed by atoms with E-state index in [1.807, 2.05) is 0 Å². The lowest BCUT2D eigenvalue weighted by molar-refractivity contribution is 0.151. The second-order valence-corrected chi connectivity index (χ2v) is 2.53. The summed E-state index contributed by atoms with van der Waals surface area (Å²) in [5, 5.41) is 8.28. The van der Waals surface area contributed by atoms with Gasteiger partial charge in [-0.2, -0.15) is 5.26 Å². The Hall–Kier alpha value is -1.50. The average Bonchev–Trinajstić information content (AvgIpc) is 2.03. The first-order valence-corrected chi connectivity index (χ1v) is 3.58. The van der Waals surface area contributed by atoms with Crippen LogP contribution in [0.2, 0.25) is 0 Å². The van der Waals surface area contributed by atoms with Crippen molar-refractivity contribution < 1.29 is 13.2 Å². The molecule has 0 aliphatic rings. The molecule has 0 aromatic heterocycles. The quantitative estimate of drug-likeness (QED) is 0.694. The number of nitrogens with zero attached hydrogens (tertiary/aromatic N) is 1. The van der Waals surface area contributed by atoms with Crippen molar-refractivity contribution >= 4 is 0 Å². The zero-order valence-electron chi connectivity index (χ0n) is 6.60. The van der Waals surface area contributed by atoms with E-state index in [4.69, 9.17) is 5.26 Å². The summed E-state index contributed by atoms with van der Waals surface area (Å²) in [7, 11) is 0. The van der Waals surface area contributed by atoms with Crippen molar-refractivity contribution in [1.82, 2.24) is 0 Å². The van der Waals surface area contributed by atoms with Crippen LogP contribution < -0.4 is 0 Å². The lowest BCUT2D eigenvalue weighted by Crippen LogP contribution is -1.90. The maximum atomic E-state index is 12.7. The van der Waals surface area contributed by atoms with Crippen molar-refractivity contribution in [2.75, 3.05) is 0 Å². The van der Waals surface area contributed by atoms with Gasteiger partial charge in [-0.05, 0) is 23.8 Å². The van der Waals surface area contributed by atoms with E-state index in [0.717, 1.165) is 18.2 Å². The van der Waals surface area contributed by atoms with Gasteiger partial charge in [-0.15, -0.1) is 0 Å². The number of hydrogen-bond donors (Lipinski definition) is 0. The minimum absolute atomic E-state index is 0.0581. The smallest absolute Gasteiger partial charge is 0.207 e. The monoisotopic (exact) mass is 185 g/mol. The molecular weight excluding hydrogens is 179 g/mol. The molecule has 1 aromatic carbocycles. The highest BCUT2D eigenvalue weighted by Gasteiger charge is 2.09. The molecule has 0 atom stereocenters. The van der Waals surface area contributed by atoms with E-state index in [9.17, 15) is 13.2 Å². The van der Waals surface area contributed by atoms with E-state index in [0.29, 0.717) is 0 Å². The molecule has 0 spiro atoms. The second-order valence-electron chi connectivity index (χ2n) is 2.53. The van der Waals surface area contributed by atoms with Crippen molar-refractivity contribution in [1.29, 1.82) is 5.26 Å². The third-order valence-electron chi connectivity index (χ3n) is 1.52. The molecule has 0 amide bonds. The summed E-state index contributed by atoms with van der Waals surface area (Å²) in [6, 6.07) is 4.75. The predicted molar refractivity (Wildman–Crippen MR) is 40.7 cm³/mol. The molecule has 0 heterocycles. The first kappa shape index (κ1) is 9.59. The summed E-state index contributed by atoms with van der Waals surface area (Å²) >= 11 is 0. The van der Waals surface area contributed by atoms with Crippen LogP contribution >= 0.6 is 0 Å². The molecule has 0 radical (unpaired) electrons. The zero-order chi connectivity index (χ0) is 9.84. The second kappa shape index (κ2) is 3.94. The Labute approximate surface area is 73.4 Å². The molecule has 68 valence electrons. The average molecular weight is 185 g/mol. The first-order chi connectivity index (χ1) is 6.13.